The van der Waals surface area contributed by atoms with Crippen LogP contribution >= 0.6 is 0 Å². The first-order valence-electron chi connectivity index (χ1n) is 5.46. The molecule has 0 saturated carbocycles. The summed E-state index contributed by atoms with van der Waals surface area (Å²) in [5.41, 5.74) is 2.54. The molecular formula is C12H16N4. The number of aromatic nitrogens is 3. The highest BCUT2D eigenvalue weighted by Crippen LogP contribution is 2.19. The lowest BCUT2D eigenvalue weighted by atomic mass is 10.0. The minimum absolute atomic E-state index is 0.0778. The van der Waals surface area contributed by atoms with Crippen LogP contribution in [0, 0.1) is 0 Å². The van der Waals surface area contributed by atoms with Gasteiger partial charge in [0.25, 0.3) is 0 Å². The van der Waals surface area contributed by atoms with Crippen LogP contribution in [0.3, 0.4) is 0 Å². The number of benzene rings is 1. The molecule has 84 valence electrons. The average molecular weight is 216 g/mol. The Morgan fingerprint density at radius 1 is 1.44 bits per heavy atom. The van der Waals surface area contributed by atoms with Crippen LogP contribution in [0.15, 0.2) is 30.6 Å². The van der Waals surface area contributed by atoms with Gasteiger partial charge in [-0.3, -0.25) is 5.10 Å². The van der Waals surface area contributed by atoms with Crippen molar-refractivity contribution in [2.45, 2.75) is 19.4 Å². The molecule has 2 N–H and O–H groups in total. The third kappa shape index (κ3) is 2.12. The maximum absolute atomic E-state index is 4.19. The molecule has 1 aromatic heterocycles. The monoisotopic (exact) mass is 216 g/mol. The van der Waals surface area contributed by atoms with Crippen molar-refractivity contribution < 1.29 is 0 Å². The predicted octanol–water partition coefficient (Wildman–Crippen LogP) is 1.68. The van der Waals surface area contributed by atoms with Crippen LogP contribution < -0.4 is 5.32 Å². The van der Waals surface area contributed by atoms with E-state index in [1.807, 2.05) is 7.05 Å². The van der Waals surface area contributed by atoms with Crippen LogP contribution in [0.4, 0.5) is 0 Å². The SMILES string of the molecule is CCc1cccc(C(NC)c2ncn[nH]2)c1. The lowest BCUT2D eigenvalue weighted by Crippen LogP contribution is -2.19. The van der Waals surface area contributed by atoms with Gasteiger partial charge in [-0.25, -0.2) is 4.98 Å². The van der Waals surface area contributed by atoms with Crippen molar-refractivity contribution >= 4 is 0 Å². The summed E-state index contributed by atoms with van der Waals surface area (Å²) in [6, 6.07) is 8.59. The Bertz CT molecular complexity index is 436. The van der Waals surface area contributed by atoms with Crippen molar-refractivity contribution in [2.75, 3.05) is 7.05 Å². The molecule has 0 saturated heterocycles. The van der Waals surface area contributed by atoms with E-state index in [2.05, 4.69) is 51.7 Å². The number of H-pyrrole nitrogens is 1. The summed E-state index contributed by atoms with van der Waals surface area (Å²) in [5, 5.41) is 10.0. The first-order chi connectivity index (χ1) is 7.85. The Balaban J connectivity index is 2.33. The summed E-state index contributed by atoms with van der Waals surface area (Å²) in [5.74, 6) is 0.843. The summed E-state index contributed by atoms with van der Waals surface area (Å²) in [4.78, 5) is 4.19. The van der Waals surface area contributed by atoms with Gasteiger partial charge in [0, 0.05) is 0 Å². The third-order valence-electron chi connectivity index (χ3n) is 2.69. The van der Waals surface area contributed by atoms with E-state index < -0.39 is 0 Å². The number of hydrogen-bond donors (Lipinski definition) is 2. The molecule has 0 aliphatic carbocycles. The number of aryl methyl sites for hydroxylation is 1. The van der Waals surface area contributed by atoms with Gasteiger partial charge in [-0.05, 0) is 24.6 Å². The van der Waals surface area contributed by atoms with Crippen LogP contribution in [0.25, 0.3) is 0 Å². The van der Waals surface area contributed by atoms with Crippen LogP contribution in [0.1, 0.15) is 29.9 Å². The van der Waals surface area contributed by atoms with Gasteiger partial charge in [0.2, 0.25) is 0 Å². The van der Waals surface area contributed by atoms with Crippen molar-refractivity contribution in [1.29, 1.82) is 0 Å². The number of aromatic amines is 1. The zero-order valence-corrected chi connectivity index (χ0v) is 9.57. The third-order valence-corrected chi connectivity index (χ3v) is 2.69. The van der Waals surface area contributed by atoms with Crippen molar-refractivity contribution in [3.63, 3.8) is 0 Å². The Hall–Kier alpha value is -1.68. The van der Waals surface area contributed by atoms with Gasteiger partial charge in [-0.15, -0.1) is 0 Å². The highest BCUT2D eigenvalue weighted by molar-refractivity contribution is 5.29. The highest BCUT2D eigenvalue weighted by atomic mass is 15.2. The number of nitrogens with zero attached hydrogens (tertiary/aromatic N) is 2. The number of rotatable bonds is 4. The standard InChI is InChI=1S/C12H16N4/c1-3-9-5-4-6-10(7-9)11(13-2)12-14-8-15-16-12/h4-8,11,13H,3H2,1-2H3,(H,14,15,16). The molecule has 0 aliphatic rings. The highest BCUT2D eigenvalue weighted by Gasteiger charge is 2.14. The second kappa shape index (κ2) is 4.90. The zero-order valence-electron chi connectivity index (χ0n) is 9.57. The summed E-state index contributed by atoms with van der Waals surface area (Å²) in [7, 11) is 1.92. The minimum atomic E-state index is 0.0778. The molecule has 1 atom stereocenters. The van der Waals surface area contributed by atoms with Crippen LogP contribution in [0.2, 0.25) is 0 Å². The molecule has 0 bridgehead atoms. The first kappa shape index (κ1) is 10.8. The van der Waals surface area contributed by atoms with E-state index in [9.17, 15) is 0 Å². The Morgan fingerprint density at radius 2 is 2.31 bits per heavy atom. The fourth-order valence-corrected chi connectivity index (χ4v) is 1.81. The van der Waals surface area contributed by atoms with Crippen molar-refractivity contribution in [2.24, 2.45) is 0 Å². The fraction of sp³-hybridized carbons (Fsp3) is 0.333. The quantitative estimate of drug-likeness (QED) is 0.817. The molecular weight excluding hydrogens is 200 g/mol. The zero-order chi connectivity index (χ0) is 11.4. The van der Waals surface area contributed by atoms with E-state index in [1.165, 1.54) is 17.5 Å². The molecule has 0 amide bonds. The molecule has 2 rings (SSSR count). The summed E-state index contributed by atoms with van der Waals surface area (Å²) < 4.78 is 0. The summed E-state index contributed by atoms with van der Waals surface area (Å²) in [6.07, 6.45) is 2.57. The summed E-state index contributed by atoms with van der Waals surface area (Å²) >= 11 is 0. The lowest BCUT2D eigenvalue weighted by molar-refractivity contribution is 0.649. The fourth-order valence-electron chi connectivity index (χ4n) is 1.81. The minimum Gasteiger partial charge on any atom is -0.307 e. The van der Waals surface area contributed by atoms with E-state index in [0.717, 1.165) is 12.2 Å². The van der Waals surface area contributed by atoms with Gasteiger partial charge in [0.15, 0.2) is 0 Å². The second-order valence-electron chi connectivity index (χ2n) is 3.69. The Morgan fingerprint density at radius 3 is 2.94 bits per heavy atom. The molecule has 0 spiro atoms. The average Bonchev–Trinajstić information content (AvgIpc) is 2.84. The number of hydrogen-bond acceptors (Lipinski definition) is 3. The van der Waals surface area contributed by atoms with Gasteiger partial charge in [-0.1, -0.05) is 31.2 Å². The molecule has 4 nitrogen and oxygen atoms in total. The molecule has 1 heterocycles. The van der Waals surface area contributed by atoms with Gasteiger partial charge in [0.1, 0.15) is 12.2 Å². The van der Waals surface area contributed by atoms with Crippen molar-refractivity contribution in [1.82, 2.24) is 20.5 Å². The topological polar surface area (TPSA) is 53.6 Å². The maximum atomic E-state index is 4.19. The lowest BCUT2D eigenvalue weighted by Gasteiger charge is -2.14. The number of nitrogens with one attached hydrogen (secondary N) is 2. The molecule has 1 unspecified atom stereocenters. The van der Waals surface area contributed by atoms with Crippen LogP contribution in [-0.4, -0.2) is 22.2 Å². The van der Waals surface area contributed by atoms with Crippen molar-refractivity contribution in [3.8, 4) is 0 Å². The Labute approximate surface area is 95.1 Å². The van der Waals surface area contributed by atoms with Gasteiger partial charge in [-0.2, -0.15) is 5.10 Å². The smallest absolute Gasteiger partial charge is 0.145 e. The molecule has 1 aromatic carbocycles. The van der Waals surface area contributed by atoms with Gasteiger partial charge >= 0.3 is 0 Å². The van der Waals surface area contributed by atoms with E-state index in [4.69, 9.17) is 0 Å². The van der Waals surface area contributed by atoms with E-state index in [1.54, 1.807) is 0 Å². The first-order valence-corrected chi connectivity index (χ1v) is 5.46. The molecule has 16 heavy (non-hydrogen) atoms. The van der Waals surface area contributed by atoms with Gasteiger partial charge in [0.05, 0.1) is 6.04 Å². The Kier molecular flexibility index (Phi) is 3.31. The molecule has 4 heteroatoms. The molecule has 0 aliphatic heterocycles. The van der Waals surface area contributed by atoms with E-state index in [-0.39, 0.29) is 6.04 Å². The van der Waals surface area contributed by atoms with Crippen molar-refractivity contribution in [3.05, 3.63) is 47.5 Å². The second-order valence-corrected chi connectivity index (χ2v) is 3.69. The van der Waals surface area contributed by atoms with E-state index >= 15 is 0 Å². The molecule has 0 fully saturated rings. The molecule has 0 radical (unpaired) electrons. The maximum Gasteiger partial charge on any atom is 0.145 e. The predicted molar refractivity (Wildman–Crippen MR) is 63.1 cm³/mol. The summed E-state index contributed by atoms with van der Waals surface area (Å²) in [6.45, 7) is 2.15. The van der Waals surface area contributed by atoms with E-state index in [0.29, 0.717) is 0 Å². The molecule has 2 aromatic rings. The normalized spacial score (nSPS) is 12.6. The largest absolute Gasteiger partial charge is 0.307 e. The van der Waals surface area contributed by atoms with Crippen LogP contribution in [0.5, 0.6) is 0 Å². The van der Waals surface area contributed by atoms with Gasteiger partial charge < -0.3 is 5.32 Å². The van der Waals surface area contributed by atoms with Crippen LogP contribution in [-0.2, 0) is 6.42 Å².